The Bertz CT molecular complexity index is 124. The van der Waals surface area contributed by atoms with Gasteiger partial charge in [-0.25, -0.2) is 0 Å². The van der Waals surface area contributed by atoms with Gasteiger partial charge < -0.3 is 0 Å². The van der Waals surface area contributed by atoms with Crippen LogP contribution in [0.5, 0.6) is 0 Å². The van der Waals surface area contributed by atoms with Crippen LogP contribution in [0.4, 0.5) is 0 Å². The molecule has 1 saturated carbocycles. The van der Waals surface area contributed by atoms with Gasteiger partial charge in [-0.1, -0.05) is 19.1 Å². The molecule has 3 atom stereocenters. The fraction of sp³-hybridized carbons (Fsp3) is 0.750. The molecule has 0 heteroatoms. The first-order chi connectivity index (χ1) is 3.88. The maximum atomic E-state index is 2.40. The van der Waals surface area contributed by atoms with Crippen LogP contribution in [0.15, 0.2) is 12.2 Å². The summed E-state index contributed by atoms with van der Waals surface area (Å²) in [6.07, 6.45) is 7.60. The van der Waals surface area contributed by atoms with Crippen molar-refractivity contribution in [2.45, 2.75) is 19.8 Å². The van der Waals surface area contributed by atoms with Crippen LogP contribution >= 0.6 is 0 Å². The molecule has 8 heavy (non-hydrogen) atoms. The molecule has 0 aromatic carbocycles. The number of hydrogen-bond donors (Lipinski definition) is 0. The molecule has 0 nitrogen and oxygen atoms in total. The van der Waals surface area contributed by atoms with Crippen LogP contribution in [0, 0.1) is 17.8 Å². The molecular formula is C8H12. The van der Waals surface area contributed by atoms with Crippen molar-refractivity contribution in [3.05, 3.63) is 12.2 Å². The third-order valence-electron chi connectivity index (χ3n) is 2.67. The van der Waals surface area contributed by atoms with E-state index in [2.05, 4.69) is 19.1 Å². The molecule has 0 radical (unpaired) electrons. The van der Waals surface area contributed by atoms with Crippen molar-refractivity contribution < 1.29 is 0 Å². The van der Waals surface area contributed by atoms with Crippen LogP contribution in [0.2, 0.25) is 0 Å². The second kappa shape index (κ2) is 1.37. The molecule has 0 N–H and O–H groups in total. The highest BCUT2D eigenvalue weighted by molar-refractivity contribution is 5.08. The predicted molar refractivity (Wildman–Crippen MR) is 34.5 cm³/mol. The maximum Gasteiger partial charge on any atom is -0.0176 e. The summed E-state index contributed by atoms with van der Waals surface area (Å²) >= 11 is 0. The van der Waals surface area contributed by atoms with Gasteiger partial charge in [0.15, 0.2) is 0 Å². The first kappa shape index (κ1) is 4.60. The van der Waals surface area contributed by atoms with Crippen molar-refractivity contribution in [2.24, 2.45) is 17.8 Å². The van der Waals surface area contributed by atoms with E-state index in [0.29, 0.717) is 0 Å². The van der Waals surface area contributed by atoms with E-state index in [4.69, 9.17) is 0 Å². The second-order valence-corrected chi connectivity index (χ2v) is 3.21. The van der Waals surface area contributed by atoms with Gasteiger partial charge in [0, 0.05) is 0 Å². The Kier molecular flexibility index (Phi) is 0.787. The van der Waals surface area contributed by atoms with Crippen molar-refractivity contribution in [1.29, 1.82) is 0 Å². The summed E-state index contributed by atoms with van der Waals surface area (Å²) in [4.78, 5) is 0. The lowest BCUT2D eigenvalue weighted by Crippen LogP contribution is -2.29. The van der Waals surface area contributed by atoms with E-state index in [1.54, 1.807) is 0 Å². The molecule has 3 unspecified atom stereocenters. The Labute approximate surface area is 50.6 Å². The van der Waals surface area contributed by atoms with Crippen LogP contribution in [-0.2, 0) is 0 Å². The lowest BCUT2D eigenvalue weighted by Gasteiger charge is -2.37. The van der Waals surface area contributed by atoms with Crippen LogP contribution in [0.3, 0.4) is 0 Å². The summed E-state index contributed by atoms with van der Waals surface area (Å²) in [5, 5.41) is 0. The minimum atomic E-state index is 0.981. The highest BCUT2D eigenvalue weighted by Gasteiger charge is 2.37. The van der Waals surface area contributed by atoms with Gasteiger partial charge in [0.25, 0.3) is 0 Å². The molecular weight excluding hydrogens is 96.1 g/mol. The number of hydrogen-bond acceptors (Lipinski definition) is 0. The van der Waals surface area contributed by atoms with Crippen LogP contribution < -0.4 is 0 Å². The quantitative estimate of drug-likeness (QED) is 0.417. The van der Waals surface area contributed by atoms with Crippen molar-refractivity contribution >= 4 is 0 Å². The molecule has 0 aromatic heterocycles. The van der Waals surface area contributed by atoms with Gasteiger partial charge in [-0.05, 0) is 30.6 Å². The molecule has 2 aliphatic rings. The molecule has 0 amide bonds. The van der Waals surface area contributed by atoms with Gasteiger partial charge in [-0.3, -0.25) is 0 Å². The molecule has 44 valence electrons. The topological polar surface area (TPSA) is 0 Å². The summed E-state index contributed by atoms with van der Waals surface area (Å²) in [5.74, 6) is 3.04. The zero-order chi connectivity index (χ0) is 5.56. The van der Waals surface area contributed by atoms with E-state index in [-0.39, 0.29) is 0 Å². The van der Waals surface area contributed by atoms with Gasteiger partial charge in [-0.15, -0.1) is 0 Å². The van der Waals surface area contributed by atoms with Gasteiger partial charge in [0.1, 0.15) is 0 Å². The Hall–Kier alpha value is -0.260. The largest absolute Gasteiger partial charge is 0.0879 e. The second-order valence-electron chi connectivity index (χ2n) is 3.21. The summed E-state index contributed by atoms with van der Waals surface area (Å²) in [6, 6.07) is 0. The van der Waals surface area contributed by atoms with E-state index in [1.807, 2.05) is 0 Å². The van der Waals surface area contributed by atoms with Crippen LogP contribution in [0.1, 0.15) is 19.8 Å². The molecule has 0 bridgehead atoms. The lowest BCUT2D eigenvalue weighted by atomic mass is 9.68. The first-order valence-corrected chi connectivity index (χ1v) is 3.54. The highest BCUT2D eigenvalue weighted by atomic mass is 14.4. The third-order valence-corrected chi connectivity index (χ3v) is 2.67. The molecule has 0 aliphatic heterocycles. The van der Waals surface area contributed by atoms with E-state index in [9.17, 15) is 0 Å². The average molecular weight is 108 g/mol. The molecule has 0 saturated heterocycles. The van der Waals surface area contributed by atoms with E-state index < -0.39 is 0 Å². The normalized spacial score (nSPS) is 50.9. The fourth-order valence-electron chi connectivity index (χ4n) is 2.07. The van der Waals surface area contributed by atoms with Crippen molar-refractivity contribution in [3.8, 4) is 0 Å². The highest BCUT2D eigenvalue weighted by Crippen LogP contribution is 2.46. The summed E-state index contributed by atoms with van der Waals surface area (Å²) in [7, 11) is 0. The first-order valence-electron chi connectivity index (χ1n) is 3.54. The smallest absolute Gasteiger partial charge is 0.0176 e. The van der Waals surface area contributed by atoms with Crippen molar-refractivity contribution in [1.82, 2.24) is 0 Å². The average Bonchev–Trinajstić information content (AvgIpc) is 2.09. The van der Waals surface area contributed by atoms with E-state index >= 15 is 0 Å². The molecule has 2 rings (SSSR count). The summed E-state index contributed by atoms with van der Waals surface area (Å²) in [6.45, 7) is 2.36. The van der Waals surface area contributed by atoms with Crippen LogP contribution in [0.25, 0.3) is 0 Å². The Balaban J connectivity index is 2.10. The third kappa shape index (κ3) is 0.410. The van der Waals surface area contributed by atoms with Crippen molar-refractivity contribution in [3.63, 3.8) is 0 Å². The Morgan fingerprint density at radius 3 is 2.88 bits per heavy atom. The predicted octanol–water partition coefficient (Wildman–Crippen LogP) is 2.22. The Morgan fingerprint density at radius 2 is 2.38 bits per heavy atom. The SMILES string of the molecule is CC1CC2CC=CC12. The number of fused-ring (bicyclic) bond motifs is 1. The number of allylic oxidation sites excluding steroid dienone is 2. The minimum Gasteiger partial charge on any atom is -0.0879 e. The number of rotatable bonds is 0. The summed E-state index contributed by atoms with van der Waals surface area (Å²) in [5.41, 5.74) is 0. The van der Waals surface area contributed by atoms with Gasteiger partial charge in [0.2, 0.25) is 0 Å². The van der Waals surface area contributed by atoms with E-state index in [0.717, 1.165) is 17.8 Å². The standard InChI is InChI=1S/C8H12/c1-6-5-7-3-2-4-8(6)7/h2,4,6-8H,3,5H2,1H3. The molecule has 0 aromatic rings. The van der Waals surface area contributed by atoms with Crippen LogP contribution in [-0.4, -0.2) is 0 Å². The maximum absolute atomic E-state index is 2.40. The van der Waals surface area contributed by atoms with Crippen molar-refractivity contribution in [2.75, 3.05) is 0 Å². The monoisotopic (exact) mass is 108 g/mol. The Morgan fingerprint density at radius 1 is 1.50 bits per heavy atom. The minimum absolute atomic E-state index is 0.981. The zero-order valence-corrected chi connectivity index (χ0v) is 5.30. The van der Waals surface area contributed by atoms with Gasteiger partial charge in [-0.2, -0.15) is 0 Å². The van der Waals surface area contributed by atoms with Gasteiger partial charge >= 0.3 is 0 Å². The zero-order valence-electron chi connectivity index (χ0n) is 5.30. The van der Waals surface area contributed by atoms with Gasteiger partial charge in [0.05, 0.1) is 0 Å². The molecule has 1 fully saturated rings. The van der Waals surface area contributed by atoms with E-state index in [1.165, 1.54) is 12.8 Å². The molecule has 2 aliphatic carbocycles. The lowest BCUT2D eigenvalue weighted by molar-refractivity contribution is 0.148. The summed E-state index contributed by atoms with van der Waals surface area (Å²) < 4.78 is 0. The molecule has 0 heterocycles. The molecule has 0 spiro atoms. The fourth-order valence-corrected chi connectivity index (χ4v) is 2.07.